The molecule has 1 aromatic carbocycles. The van der Waals surface area contributed by atoms with Crippen LogP contribution in [0.15, 0.2) is 30.6 Å². The molecule has 9 heteroatoms. The highest BCUT2D eigenvalue weighted by atomic mass is 32.1. The Hall–Kier alpha value is -2.78. The second-order valence-corrected chi connectivity index (χ2v) is 8.14. The van der Waals surface area contributed by atoms with E-state index >= 15 is 0 Å². The lowest BCUT2D eigenvalue weighted by molar-refractivity contribution is 0.236. The van der Waals surface area contributed by atoms with Gasteiger partial charge < -0.3 is 14.8 Å². The molecule has 1 unspecified atom stereocenters. The van der Waals surface area contributed by atoms with E-state index in [-0.39, 0.29) is 6.04 Å². The molecule has 1 atom stereocenters. The van der Waals surface area contributed by atoms with E-state index in [2.05, 4.69) is 32.3 Å². The summed E-state index contributed by atoms with van der Waals surface area (Å²) in [4.78, 5) is 11.7. The Morgan fingerprint density at radius 2 is 1.97 bits per heavy atom. The number of likely N-dealkylation sites (tertiary alicyclic amines) is 1. The first-order valence-corrected chi connectivity index (χ1v) is 10.9. The average molecular weight is 427 g/mol. The Morgan fingerprint density at radius 1 is 1.17 bits per heavy atom. The fraction of sp³-hybridized carbons (Fsp3) is 0.429. The minimum atomic E-state index is 0.189. The van der Waals surface area contributed by atoms with Gasteiger partial charge in [-0.25, -0.2) is 4.98 Å². The minimum absolute atomic E-state index is 0.189. The second-order valence-electron chi connectivity index (χ2n) is 7.08. The summed E-state index contributed by atoms with van der Waals surface area (Å²) in [6, 6.07) is 6.08. The average Bonchev–Trinajstić information content (AvgIpc) is 3.43. The monoisotopic (exact) mass is 426 g/mol. The predicted molar refractivity (Wildman–Crippen MR) is 117 cm³/mol. The number of anilines is 2. The summed E-state index contributed by atoms with van der Waals surface area (Å²) in [5.74, 6) is 2.36. The Kier molecular flexibility index (Phi) is 6.39. The van der Waals surface area contributed by atoms with Gasteiger partial charge in [-0.3, -0.25) is 9.88 Å². The van der Waals surface area contributed by atoms with E-state index in [9.17, 15) is 0 Å². The molecule has 3 aromatic rings. The maximum atomic E-state index is 5.58. The Balaban J connectivity index is 1.54. The van der Waals surface area contributed by atoms with E-state index in [4.69, 9.17) is 14.5 Å². The highest BCUT2D eigenvalue weighted by Crippen LogP contribution is 2.37. The van der Waals surface area contributed by atoms with Crippen LogP contribution in [0, 0.1) is 0 Å². The van der Waals surface area contributed by atoms with Crippen LogP contribution in [-0.4, -0.2) is 45.8 Å². The van der Waals surface area contributed by atoms with E-state index < -0.39 is 0 Å². The number of benzene rings is 1. The molecular weight excluding hydrogens is 400 g/mol. The highest BCUT2D eigenvalue weighted by Gasteiger charge is 2.29. The first-order chi connectivity index (χ1) is 14.7. The van der Waals surface area contributed by atoms with Gasteiger partial charge in [-0.05, 0) is 37.9 Å². The molecule has 3 heterocycles. The van der Waals surface area contributed by atoms with E-state index in [0.717, 1.165) is 65.2 Å². The van der Waals surface area contributed by atoms with Crippen LogP contribution in [0.5, 0.6) is 11.5 Å². The van der Waals surface area contributed by atoms with Crippen molar-refractivity contribution in [2.75, 3.05) is 26.1 Å². The quantitative estimate of drug-likeness (QED) is 0.579. The summed E-state index contributed by atoms with van der Waals surface area (Å²) in [5, 5.41) is 13.3. The third-order valence-electron chi connectivity index (χ3n) is 5.25. The highest BCUT2D eigenvalue weighted by molar-refractivity contribution is 7.15. The fourth-order valence-electron chi connectivity index (χ4n) is 3.80. The van der Waals surface area contributed by atoms with Crippen molar-refractivity contribution in [2.45, 2.75) is 38.8 Å². The zero-order valence-corrected chi connectivity index (χ0v) is 18.3. The van der Waals surface area contributed by atoms with Gasteiger partial charge in [0.05, 0.1) is 43.9 Å². The van der Waals surface area contributed by atoms with Crippen molar-refractivity contribution in [3.8, 4) is 11.5 Å². The van der Waals surface area contributed by atoms with Crippen LogP contribution in [0.25, 0.3) is 0 Å². The molecule has 158 valence electrons. The van der Waals surface area contributed by atoms with Gasteiger partial charge in [0, 0.05) is 6.54 Å². The number of nitrogens with one attached hydrogen (secondary N) is 1. The molecule has 0 saturated carbocycles. The number of methoxy groups -OCH3 is 2. The summed E-state index contributed by atoms with van der Waals surface area (Å²) >= 11 is 1.54. The molecule has 0 radical (unpaired) electrons. The normalized spacial score (nSPS) is 16.6. The number of hydrogen-bond acceptors (Lipinski definition) is 9. The first kappa shape index (κ1) is 20.5. The molecule has 4 rings (SSSR count). The van der Waals surface area contributed by atoms with Crippen molar-refractivity contribution in [2.24, 2.45) is 0 Å². The maximum absolute atomic E-state index is 5.58. The SMILES string of the molecule is CCc1nnc(Nc2cncc(C3CCCN3Cc3c(OC)cccc3OC)n2)s1. The largest absolute Gasteiger partial charge is 0.496 e. The van der Waals surface area contributed by atoms with Crippen molar-refractivity contribution in [3.05, 3.63) is 46.9 Å². The molecule has 0 bridgehead atoms. The molecule has 1 N–H and O–H groups in total. The van der Waals surface area contributed by atoms with E-state index in [1.807, 2.05) is 24.4 Å². The summed E-state index contributed by atoms with van der Waals surface area (Å²) < 4.78 is 11.2. The van der Waals surface area contributed by atoms with E-state index in [1.165, 1.54) is 11.3 Å². The Labute approximate surface area is 180 Å². The number of aromatic nitrogens is 4. The van der Waals surface area contributed by atoms with Gasteiger partial charge in [0.25, 0.3) is 0 Å². The van der Waals surface area contributed by atoms with Crippen molar-refractivity contribution >= 4 is 22.3 Å². The molecule has 0 spiro atoms. The zero-order valence-electron chi connectivity index (χ0n) is 17.5. The lowest BCUT2D eigenvalue weighted by atomic mass is 10.1. The van der Waals surface area contributed by atoms with Crippen LogP contribution in [0.2, 0.25) is 0 Å². The van der Waals surface area contributed by atoms with Gasteiger partial charge in [-0.1, -0.05) is 24.3 Å². The molecule has 2 aromatic heterocycles. The molecule has 1 aliphatic heterocycles. The molecule has 1 fully saturated rings. The number of rotatable bonds is 8. The summed E-state index contributed by atoms with van der Waals surface area (Å²) in [5.41, 5.74) is 2.00. The molecule has 30 heavy (non-hydrogen) atoms. The van der Waals surface area contributed by atoms with Crippen molar-refractivity contribution < 1.29 is 9.47 Å². The minimum Gasteiger partial charge on any atom is -0.496 e. The lowest BCUT2D eigenvalue weighted by Gasteiger charge is -2.25. The predicted octanol–water partition coefficient (Wildman–Crippen LogP) is 3.99. The van der Waals surface area contributed by atoms with Crippen molar-refractivity contribution in [1.82, 2.24) is 25.1 Å². The first-order valence-electron chi connectivity index (χ1n) is 10.1. The second kappa shape index (κ2) is 9.36. The molecule has 1 aliphatic rings. The number of nitrogens with zero attached hydrogens (tertiary/aromatic N) is 5. The molecule has 1 saturated heterocycles. The van der Waals surface area contributed by atoms with Crippen LogP contribution in [-0.2, 0) is 13.0 Å². The van der Waals surface area contributed by atoms with Crippen molar-refractivity contribution in [3.63, 3.8) is 0 Å². The topological polar surface area (TPSA) is 85.3 Å². The zero-order chi connectivity index (χ0) is 20.9. The third kappa shape index (κ3) is 4.36. The van der Waals surface area contributed by atoms with Gasteiger partial charge >= 0.3 is 0 Å². The third-order valence-corrected chi connectivity index (χ3v) is 6.24. The van der Waals surface area contributed by atoms with Crippen LogP contribution in [0.1, 0.15) is 42.1 Å². The van der Waals surface area contributed by atoms with E-state index in [1.54, 1.807) is 20.4 Å². The van der Waals surface area contributed by atoms with Crippen LogP contribution >= 0.6 is 11.3 Å². The summed E-state index contributed by atoms with van der Waals surface area (Å²) in [7, 11) is 3.38. The molecular formula is C21H26N6O2S. The number of aryl methyl sites for hydroxylation is 1. The van der Waals surface area contributed by atoms with Gasteiger partial charge in [-0.15, -0.1) is 10.2 Å². The Bertz CT molecular complexity index is 973. The maximum Gasteiger partial charge on any atom is 0.211 e. The van der Waals surface area contributed by atoms with Gasteiger partial charge in [-0.2, -0.15) is 0 Å². The molecule has 0 amide bonds. The van der Waals surface area contributed by atoms with Gasteiger partial charge in [0.1, 0.15) is 16.5 Å². The fourth-order valence-corrected chi connectivity index (χ4v) is 4.48. The standard InChI is InChI=1S/C21H26N6O2S/c1-4-20-25-26-21(30-20)24-19-12-22-11-15(23-19)16-7-6-10-27(16)13-14-17(28-2)8-5-9-18(14)29-3/h5,8-9,11-12,16H,4,6-7,10,13H2,1-3H3,(H,23,24,26). The molecule has 8 nitrogen and oxygen atoms in total. The summed E-state index contributed by atoms with van der Waals surface area (Å²) in [6.45, 7) is 3.78. The molecule has 0 aliphatic carbocycles. The summed E-state index contributed by atoms with van der Waals surface area (Å²) in [6.07, 6.45) is 6.59. The van der Waals surface area contributed by atoms with Crippen LogP contribution in [0.3, 0.4) is 0 Å². The Morgan fingerprint density at radius 3 is 2.67 bits per heavy atom. The number of hydrogen-bond donors (Lipinski definition) is 1. The smallest absolute Gasteiger partial charge is 0.211 e. The number of ether oxygens (including phenoxy) is 2. The van der Waals surface area contributed by atoms with Gasteiger partial charge in [0.15, 0.2) is 5.82 Å². The van der Waals surface area contributed by atoms with Crippen molar-refractivity contribution in [1.29, 1.82) is 0 Å². The van der Waals surface area contributed by atoms with E-state index in [0.29, 0.717) is 5.82 Å². The van der Waals surface area contributed by atoms with Crippen LogP contribution in [0.4, 0.5) is 10.9 Å². The lowest BCUT2D eigenvalue weighted by Crippen LogP contribution is -2.24. The van der Waals surface area contributed by atoms with Gasteiger partial charge in [0.2, 0.25) is 5.13 Å². The van der Waals surface area contributed by atoms with Crippen LogP contribution < -0.4 is 14.8 Å².